The summed E-state index contributed by atoms with van der Waals surface area (Å²) in [6, 6.07) is 19.7. The highest BCUT2D eigenvalue weighted by atomic mass is 35.5. The van der Waals surface area contributed by atoms with E-state index >= 15 is 0 Å². The molecule has 1 unspecified atom stereocenters. The second-order valence-corrected chi connectivity index (χ2v) is 9.39. The zero-order valence-electron chi connectivity index (χ0n) is 22.2. The minimum atomic E-state index is -0.734. The van der Waals surface area contributed by atoms with Crippen LogP contribution in [-0.4, -0.2) is 32.8 Å². The summed E-state index contributed by atoms with van der Waals surface area (Å²) in [6.07, 6.45) is 3.45. The quantitative estimate of drug-likeness (QED) is 0.182. The number of pyridine rings is 1. The molecule has 41 heavy (non-hydrogen) atoms. The maximum absolute atomic E-state index is 13.3. The smallest absolute Gasteiger partial charge is 0.251 e. The predicted octanol–water partition coefficient (Wildman–Crippen LogP) is 6.05. The van der Waals surface area contributed by atoms with Gasteiger partial charge in [-0.3, -0.25) is 14.6 Å². The molecular weight excluding hydrogens is 566 g/mol. The first-order chi connectivity index (χ1) is 18.8. The average Bonchev–Trinajstić information content (AvgIpc) is 3.43. The summed E-state index contributed by atoms with van der Waals surface area (Å²) in [5, 5.41) is 7.75. The number of halogens is 3. The lowest BCUT2D eigenvalue weighted by Crippen LogP contribution is -2.32. The molecular formula is C30H29Cl2FN6O2. The van der Waals surface area contributed by atoms with Gasteiger partial charge in [0.2, 0.25) is 5.91 Å². The number of hydrogen-bond donors (Lipinski definition) is 4. The number of fused-ring (bicyclic) bond motifs is 1. The lowest BCUT2D eigenvalue weighted by atomic mass is 10.0. The number of hydrogen-bond acceptors (Lipinski definition) is 5. The molecule has 11 heteroatoms. The van der Waals surface area contributed by atoms with Crippen molar-refractivity contribution < 1.29 is 14.0 Å². The first-order valence-electron chi connectivity index (χ1n) is 12.5. The maximum atomic E-state index is 13.3. The van der Waals surface area contributed by atoms with E-state index in [1.807, 2.05) is 37.3 Å². The molecule has 0 fully saturated rings. The van der Waals surface area contributed by atoms with Crippen LogP contribution in [0, 0.1) is 5.82 Å². The molecule has 0 spiro atoms. The number of nitrogens with zero attached hydrogens (tertiary/aromatic N) is 2. The van der Waals surface area contributed by atoms with Crippen LogP contribution < -0.4 is 16.4 Å². The average molecular weight is 596 g/mol. The van der Waals surface area contributed by atoms with Gasteiger partial charge in [0.05, 0.1) is 24.0 Å². The number of nitrogens with two attached hydrogens (primary N) is 1. The Hall–Kier alpha value is -4.31. The Morgan fingerprint density at radius 1 is 0.902 bits per heavy atom. The third-order valence-electron chi connectivity index (χ3n) is 6.35. The molecule has 0 aliphatic heterocycles. The number of H-pyrrole nitrogens is 1. The van der Waals surface area contributed by atoms with Gasteiger partial charge >= 0.3 is 0 Å². The normalized spacial score (nSPS) is 12.0. The minimum Gasteiger partial charge on any atom is -0.346 e. The second-order valence-electron chi connectivity index (χ2n) is 9.39. The van der Waals surface area contributed by atoms with Gasteiger partial charge in [-0.05, 0) is 61.2 Å². The van der Waals surface area contributed by atoms with Crippen LogP contribution in [0.4, 0.5) is 10.1 Å². The molecule has 8 nitrogen and oxygen atoms in total. The molecule has 0 radical (unpaired) electrons. The first kappa shape index (κ1) is 31.2. The van der Waals surface area contributed by atoms with E-state index in [1.165, 1.54) is 12.1 Å². The van der Waals surface area contributed by atoms with Crippen molar-refractivity contribution in [3.05, 3.63) is 102 Å². The van der Waals surface area contributed by atoms with Gasteiger partial charge in [-0.15, -0.1) is 24.8 Å². The lowest BCUT2D eigenvalue weighted by Gasteiger charge is -2.16. The molecule has 5 aromatic rings. The van der Waals surface area contributed by atoms with E-state index in [4.69, 9.17) is 5.73 Å². The fourth-order valence-electron chi connectivity index (χ4n) is 4.17. The molecule has 2 heterocycles. The van der Waals surface area contributed by atoms with Crippen LogP contribution >= 0.6 is 24.8 Å². The van der Waals surface area contributed by atoms with Gasteiger partial charge in [-0.25, -0.2) is 9.37 Å². The van der Waals surface area contributed by atoms with Crippen molar-refractivity contribution in [3.63, 3.8) is 0 Å². The molecule has 0 saturated heterocycles. The van der Waals surface area contributed by atoms with E-state index in [0.29, 0.717) is 34.0 Å². The first-order valence-corrected chi connectivity index (χ1v) is 12.5. The Kier molecular flexibility index (Phi) is 10.2. The van der Waals surface area contributed by atoms with E-state index in [0.717, 1.165) is 16.3 Å². The largest absolute Gasteiger partial charge is 0.346 e. The number of carbonyl (C=O) groups is 2. The number of imidazole rings is 1. The Labute approximate surface area is 248 Å². The Bertz CT molecular complexity index is 1670. The third-order valence-corrected chi connectivity index (χ3v) is 6.35. The highest BCUT2D eigenvalue weighted by Gasteiger charge is 2.17. The van der Waals surface area contributed by atoms with Gasteiger partial charge in [0.25, 0.3) is 5.91 Å². The summed E-state index contributed by atoms with van der Waals surface area (Å²) >= 11 is 0. The van der Waals surface area contributed by atoms with Crippen molar-refractivity contribution in [2.45, 2.75) is 25.9 Å². The molecule has 0 aliphatic carbocycles. The van der Waals surface area contributed by atoms with E-state index in [-0.39, 0.29) is 48.5 Å². The molecule has 0 aliphatic rings. The van der Waals surface area contributed by atoms with Crippen LogP contribution in [0.25, 0.3) is 33.5 Å². The Balaban J connectivity index is 0.00000231. The number of rotatable bonds is 7. The fraction of sp³-hybridized carbons (Fsp3) is 0.133. The van der Waals surface area contributed by atoms with Gasteiger partial charge in [-0.1, -0.05) is 36.4 Å². The molecule has 212 valence electrons. The molecule has 0 saturated carbocycles. The van der Waals surface area contributed by atoms with Crippen molar-refractivity contribution >= 4 is 53.1 Å². The highest BCUT2D eigenvalue weighted by Crippen LogP contribution is 2.27. The van der Waals surface area contributed by atoms with Crippen molar-refractivity contribution in [2.75, 3.05) is 5.32 Å². The Morgan fingerprint density at radius 2 is 1.61 bits per heavy atom. The van der Waals surface area contributed by atoms with Gasteiger partial charge in [0.1, 0.15) is 11.5 Å². The van der Waals surface area contributed by atoms with Crippen molar-refractivity contribution in [1.29, 1.82) is 0 Å². The summed E-state index contributed by atoms with van der Waals surface area (Å²) in [5.74, 6) is -0.529. The monoisotopic (exact) mass is 594 g/mol. The van der Waals surface area contributed by atoms with Crippen LogP contribution in [0.1, 0.15) is 35.8 Å². The number of aromatic amines is 1. The van der Waals surface area contributed by atoms with Crippen LogP contribution in [0.15, 0.2) is 85.2 Å². The maximum Gasteiger partial charge on any atom is 0.251 e. The zero-order valence-corrected chi connectivity index (χ0v) is 23.9. The summed E-state index contributed by atoms with van der Waals surface area (Å²) in [6.45, 7) is 3.39. The summed E-state index contributed by atoms with van der Waals surface area (Å²) in [4.78, 5) is 37.9. The van der Waals surface area contributed by atoms with Crippen LogP contribution in [0.2, 0.25) is 0 Å². The van der Waals surface area contributed by atoms with Crippen LogP contribution in [0.3, 0.4) is 0 Å². The van der Waals surface area contributed by atoms with Crippen molar-refractivity contribution in [1.82, 2.24) is 20.3 Å². The summed E-state index contributed by atoms with van der Waals surface area (Å²) < 4.78 is 13.3. The molecule has 3 aromatic carbocycles. The molecule has 2 aromatic heterocycles. The van der Waals surface area contributed by atoms with Crippen molar-refractivity contribution in [2.24, 2.45) is 5.73 Å². The standard InChI is InChI=1S/C30H27FN6O2.2ClH/c1-17(32)29(38)36-25-12-22(11-23(13-25)30(39)35-18(2)19-7-9-24(31)10-8-19)27-16-34-28(37-27)26-14-20-5-3-4-6-21(20)15-33-26;;/h3-18H,32H2,1-2H3,(H,34,37)(H,35,39)(H,36,38);2*1H/t17?,18-;;/m1../s1. The van der Waals surface area contributed by atoms with Gasteiger partial charge in [0, 0.05) is 28.4 Å². The molecule has 5 N–H and O–H groups in total. The zero-order chi connectivity index (χ0) is 27.5. The van der Waals surface area contributed by atoms with Crippen molar-refractivity contribution in [3.8, 4) is 22.8 Å². The topological polar surface area (TPSA) is 126 Å². The van der Waals surface area contributed by atoms with Crippen LogP contribution in [0.5, 0.6) is 0 Å². The van der Waals surface area contributed by atoms with E-state index in [1.54, 1.807) is 49.6 Å². The Morgan fingerprint density at radius 3 is 2.32 bits per heavy atom. The highest BCUT2D eigenvalue weighted by molar-refractivity contribution is 6.00. The van der Waals surface area contributed by atoms with Crippen LogP contribution in [-0.2, 0) is 4.79 Å². The number of carbonyl (C=O) groups excluding carboxylic acids is 2. The van der Waals surface area contributed by atoms with Gasteiger partial charge in [-0.2, -0.15) is 0 Å². The number of aromatic nitrogens is 3. The number of amides is 2. The second kappa shape index (κ2) is 13.4. The summed E-state index contributed by atoms with van der Waals surface area (Å²) in [5.41, 5.74) is 9.17. The number of benzene rings is 3. The fourth-order valence-corrected chi connectivity index (χ4v) is 4.17. The number of nitrogens with one attached hydrogen (secondary N) is 3. The molecule has 0 bridgehead atoms. The van der Waals surface area contributed by atoms with Gasteiger partial charge in [0.15, 0.2) is 5.82 Å². The SMILES string of the molecule is CC(N)C(=O)Nc1cc(C(=O)N[C@H](C)c2ccc(F)cc2)cc(-c2cnc(-c3cc4ccccc4cn3)[nH]2)c1.Cl.Cl. The summed E-state index contributed by atoms with van der Waals surface area (Å²) in [7, 11) is 0. The third kappa shape index (κ3) is 7.26. The van der Waals surface area contributed by atoms with Gasteiger partial charge < -0.3 is 21.4 Å². The number of anilines is 1. The van der Waals surface area contributed by atoms with E-state index in [2.05, 4.69) is 25.6 Å². The lowest BCUT2D eigenvalue weighted by molar-refractivity contribution is -0.117. The molecule has 5 rings (SSSR count). The molecule has 2 atom stereocenters. The minimum absolute atomic E-state index is 0. The van der Waals surface area contributed by atoms with E-state index in [9.17, 15) is 14.0 Å². The predicted molar refractivity (Wildman–Crippen MR) is 164 cm³/mol. The molecule has 2 amide bonds. The van der Waals surface area contributed by atoms with E-state index < -0.39 is 6.04 Å².